The van der Waals surface area contributed by atoms with Crippen molar-refractivity contribution in [3.05, 3.63) is 35.4 Å². The van der Waals surface area contributed by atoms with Crippen molar-refractivity contribution in [3.8, 4) is 0 Å². The zero-order valence-corrected chi connectivity index (χ0v) is 13.5. The van der Waals surface area contributed by atoms with E-state index in [1.165, 1.54) is 49.7 Å². The van der Waals surface area contributed by atoms with Crippen LogP contribution in [0.25, 0.3) is 0 Å². The summed E-state index contributed by atoms with van der Waals surface area (Å²) in [7, 11) is 0. The Bertz CT molecular complexity index is 381. The predicted molar refractivity (Wildman–Crippen MR) is 88.0 cm³/mol. The summed E-state index contributed by atoms with van der Waals surface area (Å²) in [6.45, 7) is 8.07. The Hall–Kier alpha value is -0.820. The monoisotopic (exact) mass is 273 g/mol. The van der Waals surface area contributed by atoms with Crippen LogP contribution < -0.4 is 5.32 Å². The molecular weight excluding hydrogens is 242 g/mol. The van der Waals surface area contributed by atoms with Crippen molar-refractivity contribution in [3.63, 3.8) is 0 Å². The van der Waals surface area contributed by atoms with Crippen LogP contribution in [0.3, 0.4) is 0 Å². The van der Waals surface area contributed by atoms with Gasteiger partial charge in [0.15, 0.2) is 0 Å². The van der Waals surface area contributed by atoms with Gasteiger partial charge in [0, 0.05) is 6.04 Å². The van der Waals surface area contributed by atoms with Crippen LogP contribution in [0.1, 0.15) is 70.0 Å². The second kappa shape index (κ2) is 7.83. The Balaban J connectivity index is 2.12. The molecule has 0 aromatic heterocycles. The molecule has 0 heterocycles. The SMILES string of the molecule is CCCNC(c1ccc(CCC)cc1)C1CCCC1C. The lowest BCUT2D eigenvalue weighted by atomic mass is 9.85. The molecule has 0 bridgehead atoms. The van der Waals surface area contributed by atoms with Gasteiger partial charge < -0.3 is 5.32 Å². The van der Waals surface area contributed by atoms with Crippen LogP contribution in [0.4, 0.5) is 0 Å². The molecule has 1 N–H and O–H groups in total. The van der Waals surface area contributed by atoms with E-state index >= 15 is 0 Å². The van der Waals surface area contributed by atoms with Gasteiger partial charge >= 0.3 is 0 Å². The normalized spacial score (nSPS) is 23.9. The second-order valence-corrected chi connectivity index (χ2v) is 6.50. The van der Waals surface area contributed by atoms with Gasteiger partial charge in [0.1, 0.15) is 0 Å². The van der Waals surface area contributed by atoms with Gasteiger partial charge in [-0.15, -0.1) is 0 Å². The molecular formula is C19H31N. The molecule has 3 atom stereocenters. The predicted octanol–water partition coefficient (Wildman–Crippen LogP) is 5.12. The molecule has 1 nitrogen and oxygen atoms in total. The summed E-state index contributed by atoms with van der Waals surface area (Å²) in [5, 5.41) is 3.81. The van der Waals surface area contributed by atoms with E-state index in [-0.39, 0.29) is 0 Å². The van der Waals surface area contributed by atoms with Crippen LogP contribution in [0.2, 0.25) is 0 Å². The fourth-order valence-corrected chi connectivity index (χ4v) is 3.67. The maximum atomic E-state index is 3.81. The molecule has 0 amide bonds. The minimum atomic E-state index is 0.558. The quantitative estimate of drug-likeness (QED) is 0.727. The first-order valence-electron chi connectivity index (χ1n) is 8.58. The third kappa shape index (κ3) is 3.85. The topological polar surface area (TPSA) is 12.0 Å². The lowest BCUT2D eigenvalue weighted by Gasteiger charge is -2.28. The van der Waals surface area contributed by atoms with E-state index in [1.54, 1.807) is 0 Å². The molecule has 2 rings (SSSR count). The van der Waals surface area contributed by atoms with Crippen molar-refractivity contribution in [2.24, 2.45) is 11.8 Å². The summed E-state index contributed by atoms with van der Waals surface area (Å²) in [6, 6.07) is 9.95. The van der Waals surface area contributed by atoms with E-state index < -0.39 is 0 Å². The van der Waals surface area contributed by atoms with Crippen molar-refractivity contribution >= 4 is 0 Å². The summed E-state index contributed by atoms with van der Waals surface area (Å²) in [5.41, 5.74) is 2.97. The van der Waals surface area contributed by atoms with E-state index in [2.05, 4.69) is 50.4 Å². The second-order valence-electron chi connectivity index (χ2n) is 6.50. The highest BCUT2D eigenvalue weighted by molar-refractivity contribution is 5.26. The molecule has 3 unspecified atom stereocenters. The number of hydrogen-bond donors (Lipinski definition) is 1. The van der Waals surface area contributed by atoms with Crippen LogP contribution in [-0.2, 0) is 6.42 Å². The third-order valence-corrected chi connectivity index (χ3v) is 4.85. The zero-order chi connectivity index (χ0) is 14.4. The largest absolute Gasteiger partial charge is 0.310 e. The summed E-state index contributed by atoms with van der Waals surface area (Å²) < 4.78 is 0. The fraction of sp³-hybridized carbons (Fsp3) is 0.684. The van der Waals surface area contributed by atoms with Gasteiger partial charge in [0.05, 0.1) is 0 Å². The lowest BCUT2D eigenvalue weighted by Crippen LogP contribution is -2.30. The Morgan fingerprint density at radius 2 is 1.85 bits per heavy atom. The molecule has 1 aromatic carbocycles. The standard InChI is InChI=1S/C19H31N/c1-4-7-16-10-12-17(13-11-16)19(20-14-5-2)18-9-6-8-15(18)3/h10-13,15,18-20H,4-9,14H2,1-3H3. The molecule has 20 heavy (non-hydrogen) atoms. The van der Waals surface area contributed by atoms with Crippen LogP contribution >= 0.6 is 0 Å². The highest BCUT2D eigenvalue weighted by Gasteiger charge is 2.31. The highest BCUT2D eigenvalue weighted by atomic mass is 14.9. The van der Waals surface area contributed by atoms with Gasteiger partial charge in [0.2, 0.25) is 0 Å². The van der Waals surface area contributed by atoms with Crippen LogP contribution in [-0.4, -0.2) is 6.54 Å². The molecule has 1 aliphatic rings. The summed E-state index contributed by atoms with van der Waals surface area (Å²) in [4.78, 5) is 0. The maximum absolute atomic E-state index is 3.81. The molecule has 1 fully saturated rings. The van der Waals surface area contributed by atoms with Crippen LogP contribution in [0.5, 0.6) is 0 Å². The number of rotatable bonds is 7. The van der Waals surface area contributed by atoms with E-state index in [1.807, 2.05) is 0 Å². The number of nitrogens with one attached hydrogen (secondary N) is 1. The Labute approximate surface area is 125 Å². The smallest absolute Gasteiger partial charge is 0.0351 e. The third-order valence-electron chi connectivity index (χ3n) is 4.85. The highest BCUT2D eigenvalue weighted by Crippen LogP contribution is 2.40. The van der Waals surface area contributed by atoms with Crippen molar-refractivity contribution in [1.82, 2.24) is 5.32 Å². The van der Waals surface area contributed by atoms with Crippen molar-refractivity contribution in [2.75, 3.05) is 6.54 Å². The average molecular weight is 273 g/mol. The zero-order valence-electron chi connectivity index (χ0n) is 13.5. The van der Waals surface area contributed by atoms with Gasteiger partial charge in [-0.3, -0.25) is 0 Å². The number of benzene rings is 1. The molecule has 1 aliphatic carbocycles. The molecule has 1 aromatic rings. The van der Waals surface area contributed by atoms with Crippen LogP contribution in [0, 0.1) is 11.8 Å². The summed E-state index contributed by atoms with van der Waals surface area (Å²) >= 11 is 0. The molecule has 112 valence electrons. The van der Waals surface area contributed by atoms with Gasteiger partial charge in [-0.05, 0) is 48.8 Å². The van der Waals surface area contributed by atoms with E-state index in [4.69, 9.17) is 0 Å². The average Bonchev–Trinajstić information content (AvgIpc) is 2.88. The molecule has 0 saturated heterocycles. The van der Waals surface area contributed by atoms with Gasteiger partial charge in [-0.2, -0.15) is 0 Å². The lowest BCUT2D eigenvalue weighted by molar-refractivity contribution is 0.302. The van der Waals surface area contributed by atoms with Crippen molar-refractivity contribution in [2.45, 2.75) is 65.3 Å². The van der Waals surface area contributed by atoms with Gasteiger partial charge in [-0.1, -0.05) is 64.3 Å². The Kier molecular flexibility index (Phi) is 6.09. The molecule has 0 aliphatic heterocycles. The molecule has 1 heteroatoms. The maximum Gasteiger partial charge on any atom is 0.0351 e. The number of hydrogen-bond acceptors (Lipinski definition) is 1. The molecule has 1 saturated carbocycles. The molecule has 0 spiro atoms. The summed E-state index contributed by atoms with van der Waals surface area (Å²) in [5.74, 6) is 1.68. The minimum Gasteiger partial charge on any atom is -0.310 e. The van der Waals surface area contributed by atoms with Gasteiger partial charge in [0.25, 0.3) is 0 Å². The summed E-state index contributed by atoms with van der Waals surface area (Å²) in [6.07, 6.45) is 7.85. The van der Waals surface area contributed by atoms with Crippen LogP contribution in [0.15, 0.2) is 24.3 Å². The van der Waals surface area contributed by atoms with E-state index in [0.717, 1.165) is 18.4 Å². The fourth-order valence-electron chi connectivity index (χ4n) is 3.67. The first kappa shape index (κ1) is 15.6. The minimum absolute atomic E-state index is 0.558. The first-order valence-corrected chi connectivity index (χ1v) is 8.58. The first-order chi connectivity index (χ1) is 9.76. The Morgan fingerprint density at radius 1 is 1.10 bits per heavy atom. The van der Waals surface area contributed by atoms with Crippen molar-refractivity contribution < 1.29 is 0 Å². The molecule has 0 radical (unpaired) electrons. The van der Waals surface area contributed by atoms with E-state index in [9.17, 15) is 0 Å². The van der Waals surface area contributed by atoms with E-state index in [0.29, 0.717) is 6.04 Å². The Morgan fingerprint density at radius 3 is 2.40 bits per heavy atom. The number of aryl methyl sites for hydroxylation is 1. The van der Waals surface area contributed by atoms with Crippen molar-refractivity contribution in [1.29, 1.82) is 0 Å². The van der Waals surface area contributed by atoms with Gasteiger partial charge in [-0.25, -0.2) is 0 Å².